The molecule has 4 aromatic rings. The van der Waals surface area contributed by atoms with Gasteiger partial charge in [0.15, 0.2) is 16.9 Å². The van der Waals surface area contributed by atoms with Crippen molar-refractivity contribution in [1.82, 2.24) is 19.9 Å². The minimum absolute atomic E-state index is 0.0519. The molecule has 140 valence electrons. The fraction of sp³-hybridized carbons (Fsp3) is 0.105. The first-order valence-corrected chi connectivity index (χ1v) is 8.66. The highest BCUT2D eigenvalue weighted by molar-refractivity contribution is 6.29. The summed E-state index contributed by atoms with van der Waals surface area (Å²) < 4.78 is 5.71. The fourth-order valence-corrected chi connectivity index (χ4v) is 3.14. The Hall–Kier alpha value is -3.52. The van der Waals surface area contributed by atoms with E-state index in [2.05, 4.69) is 19.9 Å². The standard InChI is InChI=1S/C19H14ClN5O3/c1-8-5-10(6-14(20)22-8)15-17(13-4-3-9(2)28-13)25-19-16(24-15)12(26)7-11(23-19)18(21)27/h3-7H,1-2H3,(H2,21,27)(H,23,25,26). The van der Waals surface area contributed by atoms with Crippen molar-refractivity contribution < 1.29 is 9.21 Å². The van der Waals surface area contributed by atoms with E-state index in [0.29, 0.717) is 34.2 Å². The van der Waals surface area contributed by atoms with Crippen LogP contribution >= 0.6 is 11.6 Å². The number of rotatable bonds is 3. The molecular formula is C19H14ClN5O3. The highest BCUT2D eigenvalue weighted by Gasteiger charge is 2.19. The first kappa shape index (κ1) is 17.9. The molecule has 0 saturated heterocycles. The number of pyridine rings is 2. The zero-order chi connectivity index (χ0) is 20.0. The third-order valence-electron chi connectivity index (χ3n) is 4.09. The van der Waals surface area contributed by atoms with Gasteiger partial charge in [-0.2, -0.15) is 0 Å². The summed E-state index contributed by atoms with van der Waals surface area (Å²) in [5.41, 5.74) is 7.07. The molecule has 1 amide bonds. The lowest BCUT2D eigenvalue weighted by atomic mass is 10.1. The minimum atomic E-state index is -0.767. The molecule has 28 heavy (non-hydrogen) atoms. The molecule has 0 fully saturated rings. The number of nitrogens with zero attached hydrogens (tertiary/aromatic N) is 3. The molecule has 0 bridgehead atoms. The van der Waals surface area contributed by atoms with Gasteiger partial charge >= 0.3 is 0 Å². The molecule has 0 aliphatic carbocycles. The molecule has 0 spiro atoms. The number of nitrogens with one attached hydrogen (secondary N) is 1. The molecule has 0 radical (unpaired) electrons. The van der Waals surface area contributed by atoms with Crippen molar-refractivity contribution in [3.8, 4) is 22.7 Å². The van der Waals surface area contributed by atoms with E-state index in [4.69, 9.17) is 21.8 Å². The summed E-state index contributed by atoms with van der Waals surface area (Å²) in [5.74, 6) is 0.376. The van der Waals surface area contributed by atoms with E-state index in [9.17, 15) is 9.59 Å². The quantitative estimate of drug-likeness (QED) is 0.513. The molecule has 0 aliphatic rings. The smallest absolute Gasteiger partial charge is 0.265 e. The number of amides is 1. The Morgan fingerprint density at radius 1 is 1.11 bits per heavy atom. The van der Waals surface area contributed by atoms with Gasteiger partial charge in [-0.15, -0.1) is 0 Å². The lowest BCUT2D eigenvalue weighted by Gasteiger charge is -2.10. The van der Waals surface area contributed by atoms with Gasteiger partial charge in [0.2, 0.25) is 5.43 Å². The van der Waals surface area contributed by atoms with Gasteiger partial charge in [-0.25, -0.2) is 15.0 Å². The van der Waals surface area contributed by atoms with Crippen molar-refractivity contribution in [2.24, 2.45) is 5.73 Å². The maximum Gasteiger partial charge on any atom is 0.265 e. The summed E-state index contributed by atoms with van der Waals surface area (Å²) in [6, 6.07) is 8.06. The number of primary amides is 1. The second-order valence-corrected chi connectivity index (χ2v) is 6.65. The van der Waals surface area contributed by atoms with Crippen molar-refractivity contribution in [3.05, 3.63) is 62.9 Å². The zero-order valence-electron chi connectivity index (χ0n) is 14.9. The first-order chi connectivity index (χ1) is 13.3. The number of aryl methyl sites for hydroxylation is 2. The maximum absolute atomic E-state index is 12.5. The van der Waals surface area contributed by atoms with Crippen molar-refractivity contribution in [1.29, 1.82) is 0 Å². The van der Waals surface area contributed by atoms with Crippen molar-refractivity contribution in [2.75, 3.05) is 0 Å². The lowest BCUT2D eigenvalue weighted by Crippen LogP contribution is -2.18. The van der Waals surface area contributed by atoms with Gasteiger partial charge in [-0.3, -0.25) is 9.59 Å². The number of H-pyrrole nitrogens is 1. The molecule has 8 nitrogen and oxygen atoms in total. The number of carbonyl (C=O) groups excluding carboxylic acids is 1. The molecule has 4 heterocycles. The molecule has 4 rings (SSSR count). The Kier molecular flexibility index (Phi) is 4.20. The molecule has 0 unspecified atom stereocenters. The van der Waals surface area contributed by atoms with E-state index in [1.807, 2.05) is 0 Å². The van der Waals surface area contributed by atoms with Crippen LogP contribution in [0.25, 0.3) is 33.9 Å². The van der Waals surface area contributed by atoms with Crippen molar-refractivity contribution in [3.63, 3.8) is 0 Å². The van der Waals surface area contributed by atoms with E-state index in [1.165, 1.54) is 0 Å². The van der Waals surface area contributed by atoms with E-state index in [-0.39, 0.29) is 22.0 Å². The largest absolute Gasteiger partial charge is 0.460 e. The second kappa shape index (κ2) is 6.58. The third kappa shape index (κ3) is 3.14. The van der Waals surface area contributed by atoms with Crippen LogP contribution in [0.5, 0.6) is 0 Å². The number of furan rings is 1. The third-order valence-corrected chi connectivity index (χ3v) is 4.29. The van der Waals surface area contributed by atoms with Gasteiger partial charge in [0.25, 0.3) is 5.91 Å². The van der Waals surface area contributed by atoms with E-state index in [1.54, 1.807) is 38.1 Å². The number of nitrogens with two attached hydrogens (primary N) is 1. The highest BCUT2D eigenvalue weighted by Crippen LogP contribution is 2.32. The van der Waals surface area contributed by atoms with Crippen LogP contribution < -0.4 is 11.2 Å². The topological polar surface area (TPSA) is 128 Å². The molecule has 3 N–H and O–H groups in total. The van der Waals surface area contributed by atoms with Gasteiger partial charge in [0.05, 0.1) is 0 Å². The summed E-state index contributed by atoms with van der Waals surface area (Å²) in [6.07, 6.45) is 0. The fourth-order valence-electron chi connectivity index (χ4n) is 2.89. The van der Waals surface area contributed by atoms with Gasteiger partial charge in [0.1, 0.15) is 28.0 Å². The Labute approximate surface area is 163 Å². The number of hydrogen-bond acceptors (Lipinski definition) is 6. The van der Waals surface area contributed by atoms with Crippen molar-refractivity contribution in [2.45, 2.75) is 13.8 Å². The Morgan fingerprint density at radius 3 is 2.54 bits per heavy atom. The summed E-state index contributed by atoms with van der Waals surface area (Å²) in [7, 11) is 0. The molecule has 0 aromatic carbocycles. The first-order valence-electron chi connectivity index (χ1n) is 8.28. The number of aromatic amines is 1. The molecule has 4 aromatic heterocycles. The number of fused-ring (bicyclic) bond motifs is 1. The summed E-state index contributed by atoms with van der Waals surface area (Å²) in [4.78, 5) is 39.9. The molecule has 0 atom stereocenters. The van der Waals surface area contributed by atoms with Crippen LogP contribution in [-0.2, 0) is 0 Å². The predicted octanol–water partition coefficient (Wildman–Crippen LogP) is 3.01. The molecule has 0 saturated carbocycles. The van der Waals surface area contributed by atoms with Gasteiger partial charge in [-0.1, -0.05) is 11.6 Å². The van der Waals surface area contributed by atoms with Crippen molar-refractivity contribution >= 4 is 28.7 Å². The zero-order valence-corrected chi connectivity index (χ0v) is 15.7. The summed E-state index contributed by atoms with van der Waals surface area (Å²) in [5, 5.41) is 0.288. The average molecular weight is 396 g/mol. The minimum Gasteiger partial charge on any atom is -0.460 e. The SMILES string of the molecule is Cc1cc(-c2nc3c(=O)cc(C(N)=O)[nH]c3nc2-c2ccc(C)o2)cc(Cl)n1. The van der Waals surface area contributed by atoms with E-state index < -0.39 is 11.3 Å². The molecule has 0 aliphatic heterocycles. The number of carbonyl (C=O) groups is 1. The Balaban J connectivity index is 2.09. The Morgan fingerprint density at radius 2 is 1.89 bits per heavy atom. The summed E-state index contributed by atoms with van der Waals surface area (Å²) >= 11 is 6.11. The maximum atomic E-state index is 12.5. The van der Waals surface area contributed by atoms with Crippen LogP contribution in [0, 0.1) is 13.8 Å². The van der Waals surface area contributed by atoms with Crippen LogP contribution in [0.2, 0.25) is 5.15 Å². The van der Waals surface area contributed by atoms with Crippen LogP contribution in [-0.4, -0.2) is 25.8 Å². The highest BCUT2D eigenvalue weighted by atomic mass is 35.5. The van der Waals surface area contributed by atoms with Gasteiger partial charge < -0.3 is 15.1 Å². The van der Waals surface area contributed by atoms with Gasteiger partial charge in [-0.05, 0) is 38.1 Å². The normalized spacial score (nSPS) is 11.1. The average Bonchev–Trinajstić information content (AvgIpc) is 3.06. The monoisotopic (exact) mass is 395 g/mol. The second-order valence-electron chi connectivity index (χ2n) is 6.26. The van der Waals surface area contributed by atoms with Gasteiger partial charge in [0, 0.05) is 17.3 Å². The lowest BCUT2D eigenvalue weighted by molar-refractivity contribution is 0.0996. The molecule has 9 heteroatoms. The Bertz CT molecular complexity index is 1290. The number of hydrogen-bond donors (Lipinski definition) is 2. The number of halogens is 1. The van der Waals surface area contributed by atoms with E-state index in [0.717, 1.165) is 6.07 Å². The molecular weight excluding hydrogens is 382 g/mol. The van der Waals surface area contributed by atoms with Crippen LogP contribution in [0.15, 0.2) is 39.5 Å². The van der Waals surface area contributed by atoms with Crippen LogP contribution in [0.1, 0.15) is 21.9 Å². The predicted molar refractivity (Wildman–Crippen MR) is 104 cm³/mol. The van der Waals surface area contributed by atoms with Crippen LogP contribution in [0.3, 0.4) is 0 Å². The number of aromatic nitrogens is 4. The van der Waals surface area contributed by atoms with Crippen LogP contribution in [0.4, 0.5) is 0 Å². The summed E-state index contributed by atoms with van der Waals surface area (Å²) in [6.45, 7) is 3.60. The van der Waals surface area contributed by atoms with E-state index >= 15 is 0 Å².